The van der Waals surface area contributed by atoms with E-state index in [0.717, 1.165) is 16.9 Å². The maximum Gasteiger partial charge on any atom is 0.228 e. The molecule has 0 atom stereocenters. The second-order valence-corrected chi connectivity index (χ2v) is 4.89. The molecule has 0 saturated heterocycles. The Morgan fingerprint density at radius 3 is 2.86 bits per heavy atom. The molecular formula is C16H19N3O2. The van der Waals surface area contributed by atoms with E-state index in [2.05, 4.69) is 10.3 Å². The van der Waals surface area contributed by atoms with E-state index in [1.165, 1.54) is 6.20 Å². The number of nitrogens with two attached hydrogens (primary N) is 1. The predicted molar refractivity (Wildman–Crippen MR) is 83.3 cm³/mol. The second kappa shape index (κ2) is 6.74. The smallest absolute Gasteiger partial charge is 0.228 e. The number of nitrogen functional groups attached to an aromatic ring is 1. The van der Waals surface area contributed by atoms with Crippen molar-refractivity contribution >= 4 is 17.4 Å². The van der Waals surface area contributed by atoms with Crippen LogP contribution in [0.4, 0.5) is 11.5 Å². The Bertz CT molecular complexity index is 641. The number of carbonyl (C=O) groups excluding carboxylic acids is 1. The van der Waals surface area contributed by atoms with Gasteiger partial charge in [0.25, 0.3) is 0 Å². The highest BCUT2D eigenvalue weighted by molar-refractivity contribution is 5.90. The highest BCUT2D eigenvalue weighted by atomic mass is 16.5. The van der Waals surface area contributed by atoms with Crippen LogP contribution in [0.25, 0.3) is 0 Å². The number of pyridine rings is 1. The third kappa shape index (κ3) is 4.49. The van der Waals surface area contributed by atoms with Gasteiger partial charge in [-0.1, -0.05) is 12.1 Å². The molecular weight excluding hydrogens is 266 g/mol. The lowest BCUT2D eigenvalue weighted by atomic mass is 10.2. The average molecular weight is 285 g/mol. The molecule has 0 spiro atoms. The second-order valence-electron chi connectivity index (χ2n) is 4.89. The summed E-state index contributed by atoms with van der Waals surface area (Å²) in [6.07, 6.45) is 1.80. The van der Waals surface area contributed by atoms with Crippen LogP contribution in [0.3, 0.4) is 0 Å². The van der Waals surface area contributed by atoms with E-state index in [1.807, 2.05) is 38.1 Å². The first-order valence-electron chi connectivity index (χ1n) is 6.76. The fourth-order valence-corrected chi connectivity index (χ4v) is 1.81. The average Bonchev–Trinajstić information content (AvgIpc) is 2.43. The molecule has 1 amide bonds. The standard InChI is InChI=1S/C16H19N3O2/c1-11-4-3-5-13(8-11)21-7-6-16(20)19-15-9-12(2)14(17)10-18-15/h3-5,8-10H,6-7,17H2,1-2H3,(H,18,19,20). The zero-order chi connectivity index (χ0) is 15.2. The summed E-state index contributed by atoms with van der Waals surface area (Å²) in [5, 5.41) is 2.72. The Morgan fingerprint density at radius 2 is 2.14 bits per heavy atom. The number of aromatic nitrogens is 1. The number of amides is 1. The Kier molecular flexibility index (Phi) is 4.77. The van der Waals surface area contributed by atoms with Gasteiger partial charge in [0.05, 0.1) is 24.9 Å². The van der Waals surface area contributed by atoms with Gasteiger partial charge in [-0.2, -0.15) is 0 Å². The molecule has 3 N–H and O–H groups in total. The maximum absolute atomic E-state index is 11.8. The summed E-state index contributed by atoms with van der Waals surface area (Å²) in [7, 11) is 0. The number of carbonyl (C=O) groups is 1. The fourth-order valence-electron chi connectivity index (χ4n) is 1.81. The van der Waals surface area contributed by atoms with Gasteiger partial charge in [-0.25, -0.2) is 4.98 Å². The van der Waals surface area contributed by atoms with Crippen molar-refractivity contribution in [1.29, 1.82) is 0 Å². The van der Waals surface area contributed by atoms with E-state index in [1.54, 1.807) is 6.07 Å². The van der Waals surface area contributed by atoms with Gasteiger partial charge in [-0.05, 0) is 43.2 Å². The lowest BCUT2D eigenvalue weighted by molar-refractivity contribution is -0.116. The molecule has 0 fully saturated rings. The number of hydrogen-bond acceptors (Lipinski definition) is 4. The Morgan fingerprint density at radius 1 is 1.33 bits per heavy atom. The molecule has 0 unspecified atom stereocenters. The Balaban J connectivity index is 1.81. The van der Waals surface area contributed by atoms with Gasteiger partial charge in [0, 0.05) is 0 Å². The summed E-state index contributed by atoms with van der Waals surface area (Å²) < 4.78 is 5.54. The molecule has 5 heteroatoms. The van der Waals surface area contributed by atoms with Crippen molar-refractivity contribution in [2.24, 2.45) is 0 Å². The van der Waals surface area contributed by atoms with Gasteiger partial charge in [-0.3, -0.25) is 4.79 Å². The predicted octanol–water partition coefficient (Wildman–Crippen LogP) is 2.69. The molecule has 1 aromatic carbocycles. The number of nitrogens with zero attached hydrogens (tertiary/aromatic N) is 1. The van der Waals surface area contributed by atoms with Gasteiger partial charge in [0.15, 0.2) is 0 Å². The van der Waals surface area contributed by atoms with Crippen molar-refractivity contribution in [3.8, 4) is 5.75 Å². The molecule has 0 aliphatic heterocycles. The van der Waals surface area contributed by atoms with Crippen LogP contribution in [0, 0.1) is 13.8 Å². The minimum Gasteiger partial charge on any atom is -0.493 e. The minimum atomic E-state index is -0.140. The molecule has 5 nitrogen and oxygen atoms in total. The normalized spacial score (nSPS) is 10.2. The van der Waals surface area contributed by atoms with Crippen LogP contribution in [0.2, 0.25) is 0 Å². The fraction of sp³-hybridized carbons (Fsp3) is 0.250. The summed E-state index contributed by atoms with van der Waals surface area (Å²) in [6.45, 7) is 4.19. The molecule has 2 aromatic rings. The highest BCUT2D eigenvalue weighted by Gasteiger charge is 2.05. The lowest BCUT2D eigenvalue weighted by Crippen LogP contribution is -2.16. The van der Waals surface area contributed by atoms with E-state index < -0.39 is 0 Å². The summed E-state index contributed by atoms with van der Waals surface area (Å²) >= 11 is 0. The minimum absolute atomic E-state index is 0.140. The number of ether oxygens (including phenoxy) is 1. The number of aryl methyl sites for hydroxylation is 2. The third-order valence-corrected chi connectivity index (χ3v) is 3.01. The van der Waals surface area contributed by atoms with Crippen molar-refractivity contribution in [2.75, 3.05) is 17.7 Å². The lowest BCUT2D eigenvalue weighted by Gasteiger charge is -2.08. The zero-order valence-electron chi connectivity index (χ0n) is 12.2. The molecule has 0 bridgehead atoms. The summed E-state index contributed by atoms with van der Waals surface area (Å²) in [5.74, 6) is 1.13. The van der Waals surface area contributed by atoms with Crippen LogP contribution < -0.4 is 15.8 Å². The van der Waals surface area contributed by atoms with E-state index in [4.69, 9.17) is 10.5 Å². The van der Waals surface area contributed by atoms with Crippen LogP contribution in [0.15, 0.2) is 36.5 Å². The van der Waals surface area contributed by atoms with E-state index >= 15 is 0 Å². The van der Waals surface area contributed by atoms with Crippen LogP contribution in [0.1, 0.15) is 17.5 Å². The van der Waals surface area contributed by atoms with Crippen molar-refractivity contribution in [3.63, 3.8) is 0 Å². The van der Waals surface area contributed by atoms with E-state index in [9.17, 15) is 4.79 Å². The first kappa shape index (κ1) is 14.8. The topological polar surface area (TPSA) is 77.2 Å². The zero-order valence-corrected chi connectivity index (χ0v) is 12.2. The first-order valence-corrected chi connectivity index (χ1v) is 6.76. The Hall–Kier alpha value is -2.56. The first-order chi connectivity index (χ1) is 10.0. The SMILES string of the molecule is Cc1cccc(OCCC(=O)Nc2cc(C)c(N)cn2)c1. The molecule has 0 aliphatic carbocycles. The molecule has 2 rings (SSSR count). The monoisotopic (exact) mass is 285 g/mol. The van der Waals surface area contributed by atoms with Gasteiger partial charge in [0.2, 0.25) is 5.91 Å². The number of nitrogens with one attached hydrogen (secondary N) is 1. The van der Waals surface area contributed by atoms with Crippen molar-refractivity contribution < 1.29 is 9.53 Å². The highest BCUT2D eigenvalue weighted by Crippen LogP contribution is 2.14. The summed E-state index contributed by atoms with van der Waals surface area (Å²) in [6, 6.07) is 9.47. The molecule has 21 heavy (non-hydrogen) atoms. The molecule has 0 radical (unpaired) electrons. The molecule has 0 saturated carbocycles. The maximum atomic E-state index is 11.8. The van der Waals surface area contributed by atoms with Crippen LogP contribution in [0.5, 0.6) is 5.75 Å². The van der Waals surface area contributed by atoms with Crippen LogP contribution in [-0.4, -0.2) is 17.5 Å². The number of anilines is 2. The largest absolute Gasteiger partial charge is 0.493 e. The van der Waals surface area contributed by atoms with Gasteiger partial charge in [0.1, 0.15) is 11.6 Å². The van der Waals surface area contributed by atoms with Gasteiger partial charge >= 0.3 is 0 Å². The quantitative estimate of drug-likeness (QED) is 0.885. The summed E-state index contributed by atoms with van der Waals surface area (Å²) in [5.41, 5.74) is 8.30. The molecule has 1 aromatic heterocycles. The van der Waals surface area contributed by atoms with Gasteiger partial charge in [-0.15, -0.1) is 0 Å². The van der Waals surface area contributed by atoms with E-state index in [-0.39, 0.29) is 12.3 Å². The van der Waals surface area contributed by atoms with Crippen LogP contribution in [-0.2, 0) is 4.79 Å². The number of benzene rings is 1. The van der Waals surface area contributed by atoms with Crippen molar-refractivity contribution in [3.05, 3.63) is 47.7 Å². The number of hydrogen-bond donors (Lipinski definition) is 2. The number of rotatable bonds is 5. The third-order valence-electron chi connectivity index (χ3n) is 3.01. The Labute approximate surface area is 124 Å². The van der Waals surface area contributed by atoms with Crippen molar-refractivity contribution in [1.82, 2.24) is 4.98 Å². The van der Waals surface area contributed by atoms with Crippen LogP contribution >= 0.6 is 0 Å². The molecule has 0 aliphatic rings. The van der Waals surface area contributed by atoms with Crippen molar-refractivity contribution in [2.45, 2.75) is 20.3 Å². The van der Waals surface area contributed by atoms with E-state index in [0.29, 0.717) is 18.1 Å². The van der Waals surface area contributed by atoms with Gasteiger partial charge < -0.3 is 15.8 Å². The summed E-state index contributed by atoms with van der Waals surface area (Å²) in [4.78, 5) is 15.9. The molecule has 1 heterocycles. The molecule has 110 valence electrons.